The van der Waals surface area contributed by atoms with Crippen LogP contribution in [0.1, 0.15) is 21.5 Å². The molecular weight excluding hydrogens is 440 g/mol. The lowest BCUT2D eigenvalue weighted by atomic mass is 9.89. The second-order valence-electron chi connectivity index (χ2n) is 7.17. The highest BCUT2D eigenvalue weighted by Crippen LogP contribution is 2.30. The van der Waals surface area contributed by atoms with Crippen molar-refractivity contribution in [1.29, 1.82) is 0 Å². The van der Waals surface area contributed by atoms with Crippen LogP contribution in [-0.4, -0.2) is 39.8 Å². The van der Waals surface area contributed by atoms with Gasteiger partial charge in [-0.2, -0.15) is 8.75 Å². The van der Waals surface area contributed by atoms with Crippen molar-refractivity contribution in [2.45, 2.75) is 6.42 Å². The zero-order chi connectivity index (χ0) is 23.4. The number of aromatic nitrogens is 2. The van der Waals surface area contributed by atoms with Crippen molar-refractivity contribution >= 4 is 40.1 Å². The van der Waals surface area contributed by atoms with Crippen molar-refractivity contribution in [1.82, 2.24) is 8.75 Å². The minimum absolute atomic E-state index is 0.0733. The van der Waals surface area contributed by atoms with Crippen molar-refractivity contribution in [2.24, 2.45) is 0 Å². The Bertz CT molecular complexity index is 1360. The average Bonchev–Trinajstić information content (AvgIpc) is 3.31. The number of carboxylic acid groups (broad SMARTS) is 1. The second kappa shape index (κ2) is 9.62. The third-order valence-electron chi connectivity index (χ3n) is 5.24. The maximum atomic E-state index is 13.7. The highest BCUT2D eigenvalue weighted by Gasteiger charge is 2.25. The van der Waals surface area contributed by atoms with Crippen molar-refractivity contribution in [3.63, 3.8) is 0 Å². The molecule has 0 atom stereocenters. The normalized spacial score (nSPS) is 11.7. The van der Waals surface area contributed by atoms with Gasteiger partial charge in [0, 0.05) is 17.6 Å². The molecule has 1 heterocycles. The summed E-state index contributed by atoms with van der Waals surface area (Å²) in [5.74, 6) is -0.426. The molecule has 7 nitrogen and oxygen atoms in total. The first-order chi connectivity index (χ1) is 16.0. The number of rotatable bonds is 8. The van der Waals surface area contributed by atoms with Gasteiger partial charge in [0.2, 0.25) is 0 Å². The Morgan fingerprint density at radius 2 is 1.58 bits per heavy atom. The molecule has 8 heteroatoms. The molecule has 0 saturated heterocycles. The summed E-state index contributed by atoms with van der Waals surface area (Å²) in [6, 6.07) is 18.8. The Hall–Kier alpha value is -4.04. The van der Waals surface area contributed by atoms with Gasteiger partial charge in [-0.3, -0.25) is 4.79 Å². The van der Waals surface area contributed by atoms with E-state index in [2.05, 4.69) is 8.75 Å². The SMILES string of the molecule is COc1ccc(C(=O)/C(Cc2ccccc2OC)=C(/C(=O)O)c2ccc3nsnc3c2)cc1. The van der Waals surface area contributed by atoms with E-state index in [9.17, 15) is 14.7 Å². The molecule has 3 aromatic carbocycles. The molecule has 166 valence electrons. The third-order valence-corrected chi connectivity index (χ3v) is 5.80. The lowest BCUT2D eigenvalue weighted by molar-refractivity contribution is -0.130. The molecule has 0 amide bonds. The Balaban J connectivity index is 1.91. The van der Waals surface area contributed by atoms with E-state index in [1.165, 1.54) is 14.2 Å². The van der Waals surface area contributed by atoms with E-state index in [1.54, 1.807) is 48.5 Å². The molecule has 0 unspecified atom stereocenters. The molecule has 4 aromatic rings. The summed E-state index contributed by atoms with van der Waals surface area (Å²) < 4.78 is 19.0. The van der Waals surface area contributed by atoms with Crippen LogP contribution in [0.3, 0.4) is 0 Å². The second-order valence-corrected chi connectivity index (χ2v) is 7.70. The maximum absolute atomic E-state index is 13.7. The molecule has 0 fully saturated rings. The van der Waals surface area contributed by atoms with Crippen LogP contribution < -0.4 is 9.47 Å². The molecule has 0 aliphatic rings. The predicted molar refractivity (Wildman–Crippen MR) is 126 cm³/mol. The van der Waals surface area contributed by atoms with Crippen molar-refractivity contribution in [2.75, 3.05) is 14.2 Å². The molecule has 0 bridgehead atoms. The van der Waals surface area contributed by atoms with Crippen LogP contribution in [0.4, 0.5) is 0 Å². The molecule has 0 aliphatic carbocycles. The summed E-state index contributed by atoms with van der Waals surface area (Å²) in [6.45, 7) is 0. The van der Waals surface area contributed by atoms with Gasteiger partial charge in [-0.25, -0.2) is 4.79 Å². The van der Waals surface area contributed by atoms with E-state index in [0.29, 0.717) is 39.2 Å². The average molecular weight is 461 g/mol. The molecule has 0 spiro atoms. The number of carbonyl (C=O) groups is 2. The van der Waals surface area contributed by atoms with Gasteiger partial charge in [0.05, 0.1) is 31.5 Å². The molecule has 0 radical (unpaired) electrons. The standard InChI is InChI=1S/C25H20N2O5S/c1-31-18-10-7-15(8-11-18)24(28)19(13-16-5-3-4-6-22(16)32-2)23(25(29)30)17-9-12-20-21(14-17)27-33-26-20/h3-12,14H,13H2,1-2H3,(H,29,30)/b23-19+. The fourth-order valence-electron chi connectivity index (χ4n) is 3.60. The highest BCUT2D eigenvalue weighted by atomic mass is 32.1. The molecule has 4 rings (SSSR count). The van der Waals surface area contributed by atoms with Gasteiger partial charge in [0.1, 0.15) is 22.5 Å². The first-order valence-electron chi connectivity index (χ1n) is 10.0. The molecular formula is C25H20N2O5S. The fraction of sp³-hybridized carbons (Fsp3) is 0.120. The smallest absolute Gasteiger partial charge is 0.336 e. The van der Waals surface area contributed by atoms with Gasteiger partial charge in [0.15, 0.2) is 5.78 Å². The predicted octanol–water partition coefficient (Wildman–Crippen LogP) is 4.67. The number of Topliss-reactive ketones (excluding diaryl/α,β-unsaturated/α-hetero) is 1. The number of methoxy groups -OCH3 is 2. The lowest BCUT2D eigenvalue weighted by Crippen LogP contribution is -2.14. The first kappa shape index (κ1) is 22.2. The zero-order valence-electron chi connectivity index (χ0n) is 17.9. The number of benzene rings is 3. The van der Waals surface area contributed by atoms with E-state index in [1.807, 2.05) is 18.2 Å². The number of carboxylic acids is 1. The van der Waals surface area contributed by atoms with E-state index >= 15 is 0 Å². The topological polar surface area (TPSA) is 98.6 Å². The number of nitrogens with zero attached hydrogens (tertiary/aromatic N) is 2. The Morgan fingerprint density at radius 3 is 2.27 bits per heavy atom. The van der Waals surface area contributed by atoms with E-state index in [-0.39, 0.29) is 17.6 Å². The summed E-state index contributed by atoms with van der Waals surface area (Å²) in [7, 11) is 3.07. The van der Waals surface area contributed by atoms with Gasteiger partial charge >= 0.3 is 5.97 Å². The monoisotopic (exact) mass is 460 g/mol. The van der Waals surface area contributed by atoms with Crippen LogP contribution in [0.15, 0.2) is 72.3 Å². The van der Waals surface area contributed by atoms with Crippen LogP contribution in [0.2, 0.25) is 0 Å². The first-order valence-corrected chi connectivity index (χ1v) is 10.7. The number of hydrogen-bond acceptors (Lipinski definition) is 7. The van der Waals surface area contributed by atoms with Gasteiger partial charge < -0.3 is 14.6 Å². The molecule has 0 aliphatic heterocycles. The number of para-hydroxylation sites is 1. The Kier molecular flexibility index (Phi) is 6.46. The minimum atomic E-state index is -1.20. The van der Waals surface area contributed by atoms with Gasteiger partial charge in [-0.05, 0) is 53.6 Å². The molecule has 33 heavy (non-hydrogen) atoms. The number of hydrogen-bond donors (Lipinski definition) is 1. The number of allylic oxidation sites excluding steroid dienone is 1. The van der Waals surface area contributed by atoms with Crippen molar-refractivity contribution in [3.05, 3.63) is 89.0 Å². The number of ether oxygens (including phenoxy) is 2. The van der Waals surface area contributed by atoms with E-state index in [0.717, 1.165) is 11.7 Å². The number of fused-ring (bicyclic) bond motifs is 1. The minimum Gasteiger partial charge on any atom is -0.497 e. The zero-order valence-corrected chi connectivity index (χ0v) is 18.8. The molecule has 1 aromatic heterocycles. The van der Waals surface area contributed by atoms with Crippen LogP contribution >= 0.6 is 11.7 Å². The van der Waals surface area contributed by atoms with Crippen molar-refractivity contribution in [3.8, 4) is 11.5 Å². The van der Waals surface area contributed by atoms with Crippen LogP contribution in [0.25, 0.3) is 16.6 Å². The van der Waals surface area contributed by atoms with E-state index in [4.69, 9.17) is 9.47 Å². The summed E-state index contributed by atoms with van der Waals surface area (Å²) in [6.07, 6.45) is 0.0733. The highest BCUT2D eigenvalue weighted by molar-refractivity contribution is 7.00. The summed E-state index contributed by atoms with van der Waals surface area (Å²) in [5, 5.41) is 10.2. The number of ketones is 1. The Morgan fingerprint density at radius 1 is 0.879 bits per heavy atom. The third kappa shape index (κ3) is 4.61. The van der Waals surface area contributed by atoms with Gasteiger partial charge in [-0.1, -0.05) is 24.3 Å². The van der Waals surface area contributed by atoms with Crippen LogP contribution in [0.5, 0.6) is 11.5 Å². The largest absolute Gasteiger partial charge is 0.497 e. The van der Waals surface area contributed by atoms with Crippen LogP contribution in [0, 0.1) is 0 Å². The summed E-state index contributed by atoms with van der Waals surface area (Å²) in [5.41, 5.74) is 2.74. The number of aliphatic carboxylic acids is 1. The lowest BCUT2D eigenvalue weighted by Gasteiger charge is -2.15. The fourth-order valence-corrected chi connectivity index (χ4v) is 4.12. The molecule has 0 saturated carbocycles. The summed E-state index contributed by atoms with van der Waals surface area (Å²) >= 11 is 1.05. The molecule has 1 N–H and O–H groups in total. The van der Waals surface area contributed by atoms with Crippen molar-refractivity contribution < 1.29 is 24.2 Å². The maximum Gasteiger partial charge on any atom is 0.336 e. The number of carbonyl (C=O) groups excluding carboxylic acids is 1. The van der Waals surface area contributed by atoms with Gasteiger partial charge in [0.25, 0.3) is 0 Å². The van der Waals surface area contributed by atoms with E-state index < -0.39 is 11.8 Å². The van der Waals surface area contributed by atoms with Gasteiger partial charge in [-0.15, -0.1) is 0 Å². The Labute approximate surface area is 194 Å². The van der Waals surface area contributed by atoms with Crippen LogP contribution in [-0.2, 0) is 11.2 Å². The quantitative estimate of drug-likeness (QED) is 0.301. The summed E-state index contributed by atoms with van der Waals surface area (Å²) in [4.78, 5) is 26.2.